The number of halogens is 2. The molecule has 0 saturated carbocycles. The molecule has 18 heavy (non-hydrogen) atoms. The molecule has 1 fully saturated rings. The molecule has 3 N–H and O–H groups in total. The van der Waals surface area contributed by atoms with Gasteiger partial charge in [-0.3, -0.25) is 4.79 Å². The first-order valence-electron chi connectivity index (χ1n) is 5.71. The molecule has 0 bridgehead atoms. The zero-order valence-electron chi connectivity index (χ0n) is 10.0. The molecule has 98 valence electrons. The minimum Gasteiger partial charge on any atom is -0.396 e. The van der Waals surface area contributed by atoms with Gasteiger partial charge in [0, 0.05) is 18.2 Å². The molecule has 2 rings (SSSR count). The Morgan fingerprint density at radius 1 is 1.44 bits per heavy atom. The Kier molecular flexibility index (Phi) is 4.00. The van der Waals surface area contributed by atoms with Crippen LogP contribution in [0.5, 0.6) is 0 Å². The van der Waals surface area contributed by atoms with E-state index in [-0.39, 0.29) is 11.9 Å². The summed E-state index contributed by atoms with van der Waals surface area (Å²) in [7, 11) is 2.03. The average Bonchev–Trinajstić information content (AvgIpc) is 2.71. The van der Waals surface area contributed by atoms with E-state index in [1.54, 1.807) is 0 Å². The van der Waals surface area contributed by atoms with E-state index < -0.39 is 0 Å². The topological polar surface area (TPSA) is 58.4 Å². The number of nitrogen functional groups attached to an aromatic ring is 1. The van der Waals surface area contributed by atoms with Crippen molar-refractivity contribution >= 4 is 34.8 Å². The molecule has 1 atom stereocenters. The number of carbonyl (C=O) groups is 1. The lowest BCUT2D eigenvalue weighted by Crippen LogP contribution is -2.36. The second-order valence-corrected chi connectivity index (χ2v) is 5.39. The first-order valence-corrected chi connectivity index (χ1v) is 6.47. The summed E-state index contributed by atoms with van der Waals surface area (Å²) in [5.41, 5.74) is 6.37. The Balaban J connectivity index is 2.09. The van der Waals surface area contributed by atoms with Crippen molar-refractivity contribution in [3.8, 4) is 0 Å². The number of anilines is 1. The highest BCUT2D eigenvalue weighted by atomic mass is 35.5. The van der Waals surface area contributed by atoms with Crippen LogP contribution in [0.1, 0.15) is 16.8 Å². The van der Waals surface area contributed by atoms with Gasteiger partial charge in [-0.2, -0.15) is 0 Å². The molecule has 1 heterocycles. The first kappa shape index (κ1) is 13.5. The fraction of sp³-hybridized carbons (Fsp3) is 0.417. The van der Waals surface area contributed by atoms with Crippen LogP contribution in [0, 0.1) is 0 Å². The van der Waals surface area contributed by atoms with Gasteiger partial charge in [0.1, 0.15) is 0 Å². The molecule has 0 aliphatic carbocycles. The summed E-state index contributed by atoms with van der Waals surface area (Å²) < 4.78 is 0. The molecule has 0 spiro atoms. The van der Waals surface area contributed by atoms with Crippen molar-refractivity contribution in [1.82, 2.24) is 10.2 Å². The Morgan fingerprint density at radius 2 is 2.06 bits per heavy atom. The number of hydrogen-bond donors (Lipinski definition) is 2. The number of rotatable bonds is 2. The number of nitrogens with zero attached hydrogens (tertiary/aromatic N) is 1. The van der Waals surface area contributed by atoms with Crippen LogP contribution in [0.4, 0.5) is 5.69 Å². The summed E-state index contributed by atoms with van der Waals surface area (Å²) in [6.07, 6.45) is 0.957. The SMILES string of the molecule is CN1CCC(NC(=O)c2cc(Cl)c(N)c(Cl)c2)C1. The zero-order chi connectivity index (χ0) is 13.3. The average molecular weight is 288 g/mol. The summed E-state index contributed by atoms with van der Waals surface area (Å²) >= 11 is 11.8. The number of benzene rings is 1. The van der Waals surface area contributed by atoms with Crippen LogP contribution in [0.2, 0.25) is 10.0 Å². The van der Waals surface area contributed by atoms with Crippen molar-refractivity contribution in [2.24, 2.45) is 0 Å². The first-order chi connectivity index (χ1) is 8.47. The monoisotopic (exact) mass is 287 g/mol. The normalized spacial score (nSPS) is 20.1. The van der Waals surface area contributed by atoms with E-state index in [1.807, 2.05) is 7.05 Å². The van der Waals surface area contributed by atoms with Crippen LogP contribution >= 0.6 is 23.2 Å². The van der Waals surface area contributed by atoms with E-state index in [9.17, 15) is 4.79 Å². The minimum atomic E-state index is -0.167. The number of nitrogens with one attached hydrogen (secondary N) is 1. The summed E-state index contributed by atoms with van der Waals surface area (Å²) in [5.74, 6) is -0.167. The molecule has 0 aromatic heterocycles. The van der Waals surface area contributed by atoms with E-state index in [2.05, 4.69) is 10.2 Å². The molecule has 0 radical (unpaired) electrons. The standard InChI is InChI=1S/C12H15Cl2N3O/c1-17-3-2-8(6-17)16-12(18)7-4-9(13)11(15)10(14)5-7/h4-5,8H,2-3,6,15H2,1H3,(H,16,18). The number of carbonyl (C=O) groups excluding carboxylic acids is 1. The Labute approximate surface area is 116 Å². The van der Waals surface area contributed by atoms with Crippen molar-refractivity contribution in [3.05, 3.63) is 27.7 Å². The van der Waals surface area contributed by atoms with Gasteiger partial charge in [-0.25, -0.2) is 0 Å². The third-order valence-electron chi connectivity index (χ3n) is 3.07. The fourth-order valence-electron chi connectivity index (χ4n) is 2.04. The van der Waals surface area contributed by atoms with Crippen molar-refractivity contribution in [2.75, 3.05) is 25.9 Å². The molecule has 1 aliphatic heterocycles. The lowest BCUT2D eigenvalue weighted by molar-refractivity contribution is 0.0938. The predicted octanol–water partition coefficient (Wildman–Crippen LogP) is 2.01. The van der Waals surface area contributed by atoms with Crippen LogP contribution < -0.4 is 11.1 Å². The zero-order valence-corrected chi connectivity index (χ0v) is 11.6. The third kappa shape index (κ3) is 2.88. The van der Waals surface area contributed by atoms with Gasteiger partial charge in [0.05, 0.1) is 15.7 Å². The lowest BCUT2D eigenvalue weighted by atomic mass is 10.1. The van der Waals surface area contributed by atoms with Crippen molar-refractivity contribution in [1.29, 1.82) is 0 Å². The largest absolute Gasteiger partial charge is 0.396 e. The summed E-state index contributed by atoms with van der Waals surface area (Å²) in [5, 5.41) is 3.56. The van der Waals surface area contributed by atoms with Gasteiger partial charge in [0.2, 0.25) is 0 Å². The molecular weight excluding hydrogens is 273 g/mol. The molecule has 1 unspecified atom stereocenters. The number of likely N-dealkylation sites (tertiary alicyclic amines) is 1. The maximum absolute atomic E-state index is 12.0. The lowest BCUT2D eigenvalue weighted by Gasteiger charge is -2.13. The molecule has 1 aromatic rings. The maximum atomic E-state index is 12.0. The van der Waals surface area contributed by atoms with Crippen LogP contribution in [0.25, 0.3) is 0 Å². The van der Waals surface area contributed by atoms with Crippen LogP contribution in [0.15, 0.2) is 12.1 Å². The van der Waals surface area contributed by atoms with Crippen LogP contribution in [0.3, 0.4) is 0 Å². The van der Waals surface area contributed by atoms with Crippen LogP contribution in [-0.2, 0) is 0 Å². The highest BCUT2D eigenvalue weighted by Gasteiger charge is 2.22. The predicted molar refractivity (Wildman–Crippen MR) is 74.2 cm³/mol. The van der Waals surface area contributed by atoms with Crippen LogP contribution in [-0.4, -0.2) is 37.0 Å². The van der Waals surface area contributed by atoms with Crippen molar-refractivity contribution in [2.45, 2.75) is 12.5 Å². The Bertz CT molecular complexity index is 455. The summed E-state index contributed by atoms with van der Waals surface area (Å²) in [4.78, 5) is 14.2. The highest BCUT2D eigenvalue weighted by molar-refractivity contribution is 6.39. The Hall–Kier alpha value is -0.970. The smallest absolute Gasteiger partial charge is 0.251 e. The molecular formula is C12H15Cl2N3O. The number of amides is 1. The van der Waals surface area contributed by atoms with E-state index >= 15 is 0 Å². The Morgan fingerprint density at radius 3 is 2.56 bits per heavy atom. The summed E-state index contributed by atoms with van der Waals surface area (Å²) in [6, 6.07) is 3.26. The minimum absolute atomic E-state index is 0.167. The van der Waals surface area contributed by atoms with Crippen molar-refractivity contribution in [3.63, 3.8) is 0 Å². The number of nitrogens with two attached hydrogens (primary N) is 1. The van der Waals surface area contributed by atoms with Crippen molar-refractivity contribution < 1.29 is 4.79 Å². The molecule has 1 aliphatic rings. The van der Waals surface area contributed by atoms with E-state index in [1.165, 1.54) is 12.1 Å². The second kappa shape index (κ2) is 5.34. The fourth-order valence-corrected chi connectivity index (χ4v) is 2.52. The maximum Gasteiger partial charge on any atom is 0.251 e. The second-order valence-electron chi connectivity index (χ2n) is 4.57. The van der Waals surface area contributed by atoms with E-state index in [4.69, 9.17) is 28.9 Å². The van der Waals surface area contributed by atoms with Gasteiger partial charge in [0.15, 0.2) is 0 Å². The number of hydrogen-bond acceptors (Lipinski definition) is 3. The van der Waals surface area contributed by atoms with Gasteiger partial charge in [0.25, 0.3) is 5.91 Å². The third-order valence-corrected chi connectivity index (χ3v) is 3.69. The van der Waals surface area contributed by atoms with E-state index in [0.717, 1.165) is 19.5 Å². The number of likely N-dealkylation sites (N-methyl/N-ethyl adjacent to an activating group) is 1. The molecule has 1 amide bonds. The van der Waals surface area contributed by atoms with Gasteiger partial charge >= 0.3 is 0 Å². The van der Waals surface area contributed by atoms with Gasteiger partial charge < -0.3 is 16.0 Å². The highest BCUT2D eigenvalue weighted by Crippen LogP contribution is 2.28. The van der Waals surface area contributed by atoms with Gasteiger partial charge in [-0.1, -0.05) is 23.2 Å². The molecule has 4 nitrogen and oxygen atoms in total. The molecule has 6 heteroatoms. The quantitative estimate of drug-likeness (QED) is 0.818. The van der Waals surface area contributed by atoms with Gasteiger partial charge in [-0.15, -0.1) is 0 Å². The van der Waals surface area contributed by atoms with Gasteiger partial charge in [-0.05, 0) is 32.1 Å². The van der Waals surface area contributed by atoms with E-state index in [0.29, 0.717) is 21.3 Å². The molecule has 1 saturated heterocycles. The molecule has 1 aromatic carbocycles. The summed E-state index contributed by atoms with van der Waals surface area (Å²) in [6.45, 7) is 1.86.